The zero-order valence-corrected chi connectivity index (χ0v) is 10.2. The third kappa shape index (κ3) is 1.85. The van der Waals surface area contributed by atoms with Crippen molar-refractivity contribution in [2.45, 2.75) is 24.9 Å². The zero-order valence-electron chi connectivity index (χ0n) is 10.2. The second kappa shape index (κ2) is 3.95. The van der Waals surface area contributed by atoms with E-state index in [1.165, 1.54) is 12.8 Å². The van der Waals surface area contributed by atoms with E-state index in [2.05, 4.69) is 22.4 Å². The summed E-state index contributed by atoms with van der Waals surface area (Å²) in [6.45, 7) is 0.757. The molecule has 0 radical (unpaired) electrons. The van der Waals surface area contributed by atoms with Crippen LogP contribution < -0.4 is 10.1 Å². The fourth-order valence-electron chi connectivity index (χ4n) is 2.89. The molecular formula is C15H16N2O. The molecule has 1 aromatic heterocycles. The smallest absolute Gasteiger partial charge is 0.138 e. The SMILES string of the molecule is c1ccc2ncc(OC[C@@H]3C[C@H]4C[C@H]4N3)cc2c1. The summed E-state index contributed by atoms with van der Waals surface area (Å²) in [4.78, 5) is 4.40. The minimum atomic E-state index is 0.528. The highest BCUT2D eigenvalue weighted by Gasteiger charge is 2.45. The van der Waals surface area contributed by atoms with E-state index in [1.54, 1.807) is 0 Å². The molecule has 0 unspecified atom stereocenters. The first-order valence-electron chi connectivity index (χ1n) is 6.62. The van der Waals surface area contributed by atoms with Gasteiger partial charge in [-0.25, -0.2) is 0 Å². The van der Waals surface area contributed by atoms with E-state index >= 15 is 0 Å². The fraction of sp³-hybridized carbons (Fsp3) is 0.400. The second-order valence-corrected chi connectivity index (χ2v) is 5.38. The molecule has 1 saturated heterocycles. The van der Waals surface area contributed by atoms with Crippen LogP contribution in [0.5, 0.6) is 5.75 Å². The molecule has 1 aromatic carbocycles. The van der Waals surface area contributed by atoms with Crippen LogP contribution in [0.4, 0.5) is 0 Å². The minimum Gasteiger partial charge on any atom is -0.490 e. The Hall–Kier alpha value is -1.61. The summed E-state index contributed by atoms with van der Waals surface area (Å²) in [7, 11) is 0. The Kier molecular flexibility index (Phi) is 2.27. The van der Waals surface area contributed by atoms with Gasteiger partial charge in [0.1, 0.15) is 12.4 Å². The molecule has 3 atom stereocenters. The molecule has 0 bridgehead atoms. The predicted octanol–water partition coefficient (Wildman–Crippen LogP) is 2.36. The van der Waals surface area contributed by atoms with E-state index in [0.717, 1.165) is 35.2 Å². The standard InChI is InChI=1S/C15H16N2O/c1-2-4-14-10(3-1)6-13(8-16-14)18-9-12-5-11-7-15(11)17-12/h1-4,6,8,11-12,15,17H,5,7,9H2/t11-,12-,15+/m0/s1. The number of para-hydroxylation sites is 1. The molecule has 1 N–H and O–H groups in total. The monoisotopic (exact) mass is 240 g/mol. The molecular weight excluding hydrogens is 224 g/mol. The van der Waals surface area contributed by atoms with Crippen molar-refractivity contribution in [1.82, 2.24) is 10.3 Å². The van der Waals surface area contributed by atoms with Crippen LogP contribution in [0.25, 0.3) is 10.9 Å². The van der Waals surface area contributed by atoms with Crippen LogP contribution in [0.3, 0.4) is 0 Å². The highest BCUT2D eigenvalue weighted by Crippen LogP contribution is 2.40. The number of aromatic nitrogens is 1. The third-order valence-corrected chi connectivity index (χ3v) is 3.98. The van der Waals surface area contributed by atoms with Gasteiger partial charge in [0.05, 0.1) is 11.7 Å². The van der Waals surface area contributed by atoms with Crippen molar-refractivity contribution in [3.63, 3.8) is 0 Å². The molecule has 18 heavy (non-hydrogen) atoms. The highest BCUT2D eigenvalue weighted by molar-refractivity contribution is 5.79. The van der Waals surface area contributed by atoms with Crippen LogP contribution in [-0.4, -0.2) is 23.7 Å². The molecule has 2 aromatic rings. The Morgan fingerprint density at radius 2 is 2.22 bits per heavy atom. The minimum absolute atomic E-state index is 0.528. The molecule has 3 nitrogen and oxygen atoms in total. The average molecular weight is 240 g/mol. The molecule has 1 aliphatic heterocycles. The fourth-order valence-corrected chi connectivity index (χ4v) is 2.89. The van der Waals surface area contributed by atoms with Crippen LogP contribution in [-0.2, 0) is 0 Å². The number of nitrogens with one attached hydrogen (secondary N) is 1. The van der Waals surface area contributed by atoms with Crippen molar-refractivity contribution in [2.75, 3.05) is 6.61 Å². The van der Waals surface area contributed by atoms with E-state index in [-0.39, 0.29) is 0 Å². The summed E-state index contributed by atoms with van der Waals surface area (Å²) in [5.41, 5.74) is 1.02. The van der Waals surface area contributed by atoms with Gasteiger partial charge < -0.3 is 10.1 Å². The predicted molar refractivity (Wildman–Crippen MR) is 70.7 cm³/mol. The van der Waals surface area contributed by atoms with E-state index in [0.29, 0.717) is 6.04 Å². The van der Waals surface area contributed by atoms with Crippen molar-refractivity contribution >= 4 is 10.9 Å². The summed E-state index contributed by atoms with van der Waals surface area (Å²) in [5, 5.41) is 4.73. The Bertz CT molecular complexity index is 573. The van der Waals surface area contributed by atoms with E-state index in [4.69, 9.17) is 4.74 Å². The zero-order chi connectivity index (χ0) is 11.9. The van der Waals surface area contributed by atoms with Crippen molar-refractivity contribution in [1.29, 1.82) is 0 Å². The Balaban J connectivity index is 1.45. The quantitative estimate of drug-likeness (QED) is 0.894. The Morgan fingerprint density at radius 1 is 1.28 bits per heavy atom. The maximum absolute atomic E-state index is 5.84. The molecule has 2 aliphatic rings. The maximum atomic E-state index is 5.84. The van der Waals surface area contributed by atoms with Crippen LogP contribution in [0.2, 0.25) is 0 Å². The lowest BCUT2D eigenvalue weighted by Gasteiger charge is -2.14. The largest absolute Gasteiger partial charge is 0.490 e. The molecule has 2 fully saturated rings. The number of ether oxygens (including phenoxy) is 1. The lowest BCUT2D eigenvalue weighted by molar-refractivity contribution is 0.267. The lowest BCUT2D eigenvalue weighted by atomic mass is 10.2. The van der Waals surface area contributed by atoms with Crippen LogP contribution in [0, 0.1) is 5.92 Å². The van der Waals surface area contributed by atoms with Gasteiger partial charge in [0.25, 0.3) is 0 Å². The molecule has 3 heteroatoms. The number of nitrogens with zero attached hydrogens (tertiary/aromatic N) is 1. The van der Waals surface area contributed by atoms with Gasteiger partial charge in [0.2, 0.25) is 0 Å². The molecule has 1 aliphatic carbocycles. The summed E-state index contributed by atoms with van der Waals surface area (Å²) < 4.78 is 5.84. The summed E-state index contributed by atoms with van der Waals surface area (Å²) in [6, 6.07) is 11.5. The number of fused-ring (bicyclic) bond motifs is 2. The summed E-state index contributed by atoms with van der Waals surface area (Å²) in [5.74, 6) is 1.80. The molecule has 0 amide bonds. The number of rotatable bonds is 3. The first kappa shape index (κ1) is 10.3. The van der Waals surface area contributed by atoms with E-state index in [1.807, 2.05) is 24.4 Å². The lowest BCUT2D eigenvalue weighted by Crippen LogP contribution is -2.31. The number of piperidine rings is 1. The average Bonchev–Trinajstić information content (AvgIpc) is 3.03. The molecule has 2 heterocycles. The van der Waals surface area contributed by atoms with Crippen molar-refractivity contribution in [3.8, 4) is 5.75 Å². The summed E-state index contributed by atoms with van der Waals surface area (Å²) in [6.07, 6.45) is 4.46. The van der Waals surface area contributed by atoms with Gasteiger partial charge in [0, 0.05) is 17.5 Å². The van der Waals surface area contributed by atoms with Gasteiger partial charge in [-0.3, -0.25) is 4.98 Å². The van der Waals surface area contributed by atoms with E-state index < -0.39 is 0 Å². The first-order valence-corrected chi connectivity index (χ1v) is 6.62. The van der Waals surface area contributed by atoms with Crippen LogP contribution in [0.1, 0.15) is 12.8 Å². The van der Waals surface area contributed by atoms with Gasteiger partial charge >= 0.3 is 0 Å². The van der Waals surface area contributed by atoms with Gasteiger partial charge in [0.15, 0.2) is 0 Å². The Labute approximate surface area is 106 Å². The van der Waals surface area contributed by atoms with Gasteiger partial charge in [-0.1, -0.05) is 18.2 Å². The highest BCUT2D eigenvalue weighted by atomic mass is 16.5. The van der Waals surface area contributed by atoms with Crippen LogP contribution in [0.15, 0.2) is 36.5 Å². The van der Waals surface area contributed by atoms with Gasteiger partial charge in [-0.2, -0.15) is 0 Å². The van der Waals surface area contributed by atoms with Crippen molar-refractivity contribution in [3.05, 3.63) is 36.5 Å². The topological polar surface area (TPSA) is 34.1 Å². The molecule has 92 valence electrons. The first-order chi connectivity index (χ1) is 8.88. The van der Waals surface area contributed by atoms with Crippen molar-refractivity contribution < 1.29 is 4.74 Å². The van der Waals surface area contributed by atoms with Crippen LogP contribution >= 0.6 is 0 Å². The second-order valence-electron chi connectivity index (χ2n) is 5.38. The summed E-state index contributed by atoms with van der Waals surface area (Å²) >= 11 is 0. The van der Waals surface area contributed by atoms with Crippen molar-refractivity contribution in [2.24, 2.45) is 5.92 Å². The number of hydrogen-bond acceptors (Lipinski definition) is 3. The van der Waals surface area contributed by atoms with E-state index in [9.17, 15) is 0 Å². The van der Waals surface area contributed by atoms with Gasteiger partial charge in [-0.05, 0) is 30.9 Å². The molecule has 1 saturated carbocycles. The third-order valence-electron chi connectivity index (χ3n) is 3.98. The number of hydrogen-bond donors (Lipinski definition) is 1. The normalized spacial score (nSPS) is 29.2. The maximum Gasteiger partial charge on any atom is 0.138 e. The molecule has 0 spiro atoms. The molecule has 4 rings (SSSR count). The number of pyridine rings is 1. The van der Waals surface area contributed by atoms with Gasteiger partial charge in [-0.15, -0.1) is 0 Å². The number of benzene rings is 1. The Morgan fingerprint density at radius 3 is 3.11 bits per heavy atom.